The summed E-state index contributed by atoms with van der Waals surface area (Å²) in [4.78, 5) is 17.3. The molecule has 8 nitrogen and oxygen atoms in total. The number of methoxy groups -OCH3 is 1. The molecule has 0 fully saturated rings. The normalized spacial score (nSPS) is 13.9. The number of nitrogens with zero attached hydrogens (tertiary/aromatic N) is 2. The highest BCUT2D eigenvalue weighted by Gasteiger charge is 2.18. The Morgan fingerprint density at radius 3 is 2.89 bits per heavy atom. The van der Waals surface area contributed by atoms with Crippen molar-refractivity contribution in [1.29, 1.82) is 0 Å². The monoisotopic (exact) mass is 406 g/mol. The summed E-state index contributed by atoms with van der Waals surface area (Å²) in [5, 5.41) is 2.85. The van der Waals surface area contributed by atoms with Gasteiger partial charge in [-0.15, -0.1) is 0 Å². The van der Waals surface area contributed by atoms with E-state index in [1.807, 2.05) is 6.20 Å². The zero-order chi connectivity index (χ0) is 20.1. The first-order valence-corrected chi connectivity index (χ1v) is 10.8. The van der Waals surface area contributed by atoms with Gasteiger partial charge in [-0.3, -0.25) is 4.79 Å². The number of aryl methyl sites for hydroxylation is 3. The summed E-state index contributed by atoms with van der Waals surface area (Å²) in [5.41, 5.74) is 1.85. The van der Waals surface area contributed by atoms with Gasteiger partial charge in [0.15, 0.2) is 0 Å². The third-order valence-corrected chi connectivity index (χ3v) is 6.21. The zero-order valence-corrected chi connectivity index (χ0v) is 17.0. The van der Waals surface area contributed by atoms with Crippen LogP contribution in [0.1, 0.15) is 40.3 Å². The van der Waals surface area contributed by atoms with Crippen LogP contribution in [0, 0.1) is 6.92 Å². The summed E-state index contributed by atoms with van der Waals surface area (Å²) in [6, 6.07) is 4.53. The van der Waals surface area contributed by atoms with Crippen molar-refractivity contribution in [3.05, 3.63) is 47.0 Å². The van der Waals surface area contributed by atoms with E-state index in [0.29, 0.717) is 17.7 Å². The highest BCUT2D eigenvalue weighted by atomic mass is 32.2. The molecule has 1 amide bonds. The van der Waals surface area contributed by atoms with E-state index in [2.05, 4.69) is 19.6 Å². The first-order chi connectivity index (χ1) is 13.4. The predicted molar refractivity (Wildman–Crippen MR) is 105 cm³/mol. The summed E-state index contributed by atoms with van der Waals surface area (Å²) in [7, 11) is -2.20. The van der Waals surface area contributed by atoms with Gasteiger partial charge in [0.05, 0.1) is 23.7 Å². The number of aromatic nitrogens is 2. The number of sulfonamides is 1. The number of amides is 1. The summed E-state index contributed by atoms with van der Waals surface area (Å²) >= 11 is 0. The van der Waals surface area contributed by atoms with Crippen LogP contribution in [0.5, 0.6) is 0 Å². The number of nitrogens with one attached hydrogen (secondary N) is 2. The fraction of sp³-hybridized carbons (Fsp3) is 0.474. The standard InChI is InChI=1S/C19H26N4O4S/c1-14-6-7-16(28(25,26)21-8-10-27-2)11-17(14)19(24)20-12-15-13-23-9-4-3-5-18(23)22-15/h6-7,11,13,21H,3-5,8-10,12H2,1-2H3,(H,20,24). The van der Waals surface area contributed by atoms with Gasteiger partial charge in [-0.25, -0.2) is 18.1 Å². The molecule has 9 heteroatoms. The van der Waals surface area contributed by atoms with Crippen molar-refractivity contribution in [1.82, 2.24) is 19.6 Å². The van der Waals surface area contributed by atoms with Crippen molar-refractivity contribution in [2.45, 2.75) is 44.2 Å². The quantitative estimate of drug-likeness (QED) is 0.645. The maximum absolute atomic E-state index is 12.6. The molecule has 0 saturated carbocycles. The molecule has 3 rings (SSSR count). The van der Waals surface area contributed by atoms with Crippen LogP contribution in [0.25, 0.3) is 0 Å². The van der Waals surface area contributed by atoms with Crippen LogP contribution >= 0.6 is 0 Å². The first kappa shape index (κ1) is 20.5. The lowest BCUT2D eigenvalue weighted by Gasteiger charge is -2.11. The van der Waals surface area contributed by atoms with Crippen LogP contribution in [0.2, 0.25) is 0 Å². The van der Waals surface area contributed by atoms with E-state index in [0.717, 1.165) is 37.3 Å². The van der Waals surface area contributed by atoms with E-state index in [1.54, 1.807) is 13.0 Å². The second-order valence-electron chi connectivity index (χ2n) is 6.85. The third-order valence-electron chi connectivity index (χ3n) is 4.75. The van der Waals surface area contributed by atoms with Crippen LogP contribution < -0.4 is 10.0 Å². The molecule has 0 atom stereocenters. The fourth-order valence-corrected chi connectivity index (χ4v) is 4.24. The first-order valence-electron chi connectivity index (χ1n) is 9.33. The van der Waals surface area contributed by atoms with E-state index >= 15 is 0 Å². The van der Waals surface area contributed by atoms with E-state index in [-0.39, 0.29) is 24.0 Å². The molecule has 2 N–H and O–H groups in total. The van der Waals surface area contributed by atoms with Gasteiger partial charge in [0.1, 0.15) is 5.82 Å². The minimum atomic E-state index is -3.70. The molecule has 0 radical (unpaired) electrons. The molecular formula is C19H26N4O4S. The van der Waals surface area contributed by atoms with E-state index in [9.17, 15) is 13.2 Å². The van der Waals surface area contributed by atoms with E-state index < -0.39 is 10.0 Å². The van der Waals surface area contributed by atoms with Gasteiger partial charge in [0, 0.05) is 38.4 Å². The predicted octanol–water partition coefficient (Wildman–Crippen LogP) is 1.38. The Balaban J connectivity index is 1.70. The number of hydrogen-bond acceptors (Lipinski definition) is 5. The summed E-state index contributed by atoms with van der Waals surface area (Å²) in [5.74, 6) is 0.735. The number of fused-ring (bicyclic) bond motifs is 1. The fourth-order valence-electron chi connectivity index (χ4n) is 3.20. The van der Waals surface area contributed by atoms with Crippen LogP contribution in [0.3, 0.4) is 0 Å². The SMILES string of the molecule is COCCNS(=O)(=O)c1ccc(C)c(C(=O)NCc2cn3c(n2)CCCC3)c1. The molecule has 1 aliphatic rings. The van der Waals surface area contributed by atoms with Gasteiger partial charge >= 0.3 is 0 Å². The Morgan fingerprint density at radius 1 is 1.32 bits per heavy atom. The lowest BCUT2D eigenvalue weighted by molar-refractivity contribution is 0.0949. The number of hydrogen-bond donors (Lipinski definition) is 2. The molecule has 0 saturated heterocycles. The molecule has 2 aromatic rings. The lowest BCUT2D eigenvalue weighted by Crippen LogP contribution is -2.28. The van der Waals surface area contributed by atoms with Gasteiger partial charge in [-0.1, -0.05) is 6.07 Å². The van der Waals surface area contributed by atoms with E-state index in [1.165, 1.54) is 19.2 Å². The zero-order valence-electron chi connectivity index (χ0n) is 16.2. The Kier molecular flexibility index (Phi) is 6.48. The molecule has 0 spiro atoms. The van der Waals surface area contributed by atoms with Crippen molar-refractivity contribution < 1.29 is 17.9 Å². The van der Waals surface area contributed by atoms with Gasteiger partial charge in [-0.05, 0) is 37.5 Å². The van der Waals surface area contributed by atoms with Crippen LogP contribution in [0.15, 0.2) is 29.3 Å². The minimum absolute atomic E-state index is 0.0526. The second kappa shape index (κ2) is 8.85. The van der Waals surface area contributed by atoms with Crippen molar-refractivity contribution in [2.24, 2.45) is 0 Å². The second-order valence-corrected chi connectivity index (χ2v) is 8.62. The molecule has 1 aliphatic heterocycles. The maximum atomic E-state index is 12.6. The highest BCUT2D eigenvalue weighted by Crippen LogP contribution is 2.17. The molecular weight excluding hydrogens is 380 g/mol. The minimum Gasteiger partial charge on any atom is -0.383 e. The summed E-state index contributed by atoms with van der Waals surface area (Å²) < 4.78 is 34.2. The smallest absolute Gasteiger partial charge is 0.251 e. The number of benzene rings is 1. The summed E-state index contributed by atoms with van der Waals surface area (Å²) in [6.07, 6.45) is 5.22. The Morgan fingerprint density at radius 2 is 2.14 bits per heavy atom. The van der Waals surface area contributed by atoms with Gasteiger partial charge in [-0.2, -0.15) is 0 Å². The molecule has 0 unspecified atom stereocenters. The molecule has 1 aromatic heterocycles. The molecule has 1 aromatic carbocycles. The average Bonchev–Trinajstić information content (AvgIpc) is 3.09. The Bertz CT molecular complexity index is 929. The van der Waals surface area contributed by atoms with Crippen LogP contribution in [-0.2, 0) is 34.3 Å². The highest BCUT2D eigenvalue weighted by molar-refractivity contribution is 7.89. The van der Waals surface area contributed by atoms with Crippen LogP contribution in [-0.4, -0.2) is 44.1 Å². The van der Waals surface area contributed by atoms with Crippen molar-refractivity contribution in [3.63, 3.8) is 0 Å². The largest absolute Gasteiger partial charge is 0.383 e. The lowest BCUT2D eigenvalue weighted by atomic mass is 10.1. The molecule has 152 valence electrons. The number of rotatable bonds is 8. The van der Waals surface area contributed by atoms with Gasteiger partial charge in [0.2, 0.25) is 10.0 Å². The van der Waals surface area contributed by atoms with Crippen molar-refractivity contribution in [3.8, 4) is 0 Å². The number of carbonyl (C=O) groups is 1. The molecule has 0 aliphatic carbocycles. The maximum Gasteiger partial charge on any atom is 0.251 e. The Labute approximate surface area is 165 Å². The average molecular weight is 407 g/mol. The molecule has 28 heavy (non-hydrogen) atoms. The number of ether oxygens (including phenoxy) is 1. The van der Waals surface area contributed by atoms with Gasteiger partial charge in [0.25, 0.3) is 5.91 Å². The Hall–Kier alpha value is -2.23. The number of carbonyl (C=O) groups excluding carboxylic acids is 1. The molecule has 2 heterocycles. The van der Waals surface area contributed by atoms with Crippen LogP contribution in [0.4, 0.5) is 0 Å². The van der Waals surface area contributed by atoms with Gasteiger partial charge < -0.3 is 14.6 Å². The van der Waals surface area contributed by atoms with E-state index in [4.69, 9.17) is 4.74 Å². The number of imidazole rings is 1. The summed E-state index contributed by atoms with van der Waals surface area (Å²) in [6.45, 7) is 3.48. The van der Waals surface area contributed by atoms with Crippen molar-refractivity contribution >= 4 is 15.9 Å². The third kappa shape index (κ3) is 4.78. The van der Waals surface area contributed by atoms with Crippen molar-refractivity contribution in [2.75, 3.05) is 20.3 Å². The topological polar surface area (TPSA) is 102 Å². The molecule has 0 bridgehead atoms.